The Kier molecular flexibility index (Phi) is 3.85. The minimum Gasteiger partial charge on any atom is -0.358 e. The number of carbonyl (C=O) groups excluding carboxylic acids is 1. The second-order valence-electron chi connectivity index (χ2n) is 4.85. The zero-order valence-electron chi connectivity index (χ0n) is 11.4. The molecule has 5 heteroatoms. The maximum absolute atomic E-state index is 13.9. The molecule has 0 atom stereocenters. The Balaban J connectivity index is 2.29. The lowest BCUT2D eigenvalue weighted by atomic mass is 10.1. The van der Waals surface area contributed by atoms with E-state index in [-0.39, 0.29) is 11.7 Å². The summed E-state index contributed by atoms with van der Waals surface area (Å²) in [7, 11) is 3.87. The lowest BCUT2D eigenvalue weighted by Crippen LogP contribution is -2.31. The molecule has 1 aromatic heterocycles. The third-order valence-corrected chi connectivity index (χ3v) is 3.03. The number of nitrogens with zero attached hydrogens (tertiary/aromatic N) is 1. The van der Waals surface area contributed by atoms with Crippen molar-refractivity contribution in [3.63, 3.8) is 0 Å². The molecule has 0 unspecified atom stereocenters. The molecule has 2 aromatic rings. The monoisotopic (exact) mass is 263 g/mol. The van der Waals surface area contributed by atoms with Crippen molar-refractivity contribution in [1.82, 2.24) is 15.2 Å². The topological polar surface area (TPSA) is 48.1 Å². The Morgan fingerprint density at radius 3 is 2.84 bits per heavy atom. The first-order valence-corrected chi connectivity index (χ1v) is 6.20. The van der Waals surface area contributed by atoms with Crippen LogP contribution in [0.2, 0.25) is 0 Å². The van der Waals surface area contributed by atoms with Crippen molar-refractivity contribution in [2.45, 2.75) is 6.92 Å². The number of aromatic nitrogens is 1. The van der Waals surface area contributed by atoms with E-state index in [1.807, 2.05) is 19.0 Å². The standard InChI is InChI=1S/C14H18FN3O/c1-9-12(14(19)16-7-8-18(2)3)13-10(15)5-4-6-11(13)17-9/h4-6,17H,7-8H2,1-3H3,(H,16,19). The summed E-state index contributed by atoms with van der Waals surface area (Å²) in [6.45, 7) is 3.06. The molecule has 0 aliphatic carbocycles. The van der Waals surface area contributed by atoms with E-state index in [0.29, 0.717) is 28.7 Å². The molecule has 0 aliphatic heterocycles. The van der Waals surface area contributed by atoms with Gasteiger partial charge < -0.3 is 15.2 Å². The maximum atomic E-state index is 13.9. The van der Waals surface area contributed by atoms with Crippen LogP contribution in [-0.4, -0.2) is 43.0 Å². The Morgan fingerprint density at radius 2 is 2.16 bits per heavy atom. The smallest absolute Gasteiger partial charge is 0.253 e. The summed E-state index contributed by atoms with van der Waals surface area (Å²) < 4.78 is 13.9. The van der Waals surface area contributed by atoms with Crippen LogP contribution in [0.1, 0.15) is 16.1 Å². The van der Waals surface area contributed by atoms with Gasteiger partial charge in [-0.3, -0.25) is 4.79 Å². The maximum Gasteiger partial charge on any atom is 0.253 e. The third-order valence-electron chi connectivity index (χ3n) is 3.03. The molecule has 19 heavy (non-hydrogen) atoms. The molecule has 1 amide bonds. The van der Waals surface area contributed by atoms with Gasteiger partial charge in [0.1, 0.15) is 5.82 Å². The molecule has 0 bridgehead atoms. The fourth-order valence-electron chi connectivity index (χ4n) is 2.10. The summed E-state index contributed by atoms with van der Waals surface area (Å²) in [6.07, 6.45) is 0. The van der Waals surface area contributed by atoms with Crippen LogP contribution in [0, 0.1) is 12.7 Å². The van der Waals surface area contributed by atoms with Crippen molar-refractivity contribution in [1.29, 1.82) is 0 Å². The first kappa shape index (κ1) is 13.5. The number of H-pyrrole nitrogens is 1. The van der Waals surface area contributed by atoms with Gasteiger partial charge in [-0.05, 0) is 33.2 Å². The van der Waals surface area contributed by atoms with E-state index < -0.39 is 0 Å². The van der Waals surface area contributed by atoms with Gasteiger partial charge in [-0.15, -0.1) is 0 Å². The van der Waals surface area contributed by atoms with Crippen LogP contribution >= 0.6 is 0 Å². The van der Waals surface area contributed by atoms with E-state index in [9.17, 15) is 9.18 Å². The molecule has 4 nitrogen and oxygen atoms in total. The molecule has 102 valence electrons. The number of halogens is 1. The molecule has 0 fully saturated rings. The number of nitrogens with one attached hydrogen (secondary N) is 2. The van der Waals surface area contributed by atoms with Crippen LogP contribution in [0.5, 0.6) is 0 Å². The van der Waals surface area contributed by atoms with Gasteiger partial charge in [0, 0.05) is 29.7 Å². The van der Waals surface area contributed by atoms with Crippen molar-refractivity contribution in [3.05, 3.63) is 35.3 Å². The predicted molar refractivity (Wildman–Crippen MR) is 73.9 cm³/mol. The molecule has 1 heterocycles. The van der Waals surface area contributed by atoms with Crippen LogP contribution in [0.15, 0.2) is 18.2 Å². The SMILES string of the molecule is Cc1[nH]c2cccc(F)c2c1C(=O)NCCN(C)C. The molecule has 0 aliphatic rings. The van der Waals surface area contributed by atoms with Gasteiger partial charge in [0.25, 0.3) is 5.91 Å². The van der Waals surface area contributed by atoms with Crippen LogP contribution in [0.4, 0.5) is 4.39 Å². The molecule has 2 rings (SSSR count). The summed E-state index contributed by atoms with van der Waals surface area (Å²) >= 11 is 0. The normalized spacial score (nSPS) is 11.2. The van der Waals surface area contributed by atoms with Gasteiger partial charge in [-0.1, -0.05) is 6.07 Å². The van der Waals surface area contributed by atoms with Crippen molar-refractivity contribution in [2.24, 2.45) is 0 Å². The van der Waals surface area contributed by atoms with Gasteiger partial charge in [0.2, 0.25) is 0 Å². The summed E-state index contributed by atoms with van der Waals surface area (Å²) in [4.78, 5) is 17.2. The van der Waals surface area contributed by atoms with Crippen molar-refractivity contribution >= 4 is 16.8 Å². The Bertz CT molecular complexity index is 604. The zero-order chi connectivity index (χ0) is 14.0. The van der Waals surface area contributed by atoms with E-state index in [0.717, 1.165) is 6.54 Å². The lowest BCUT2D eigenvalue weighted by molar-refractivity contribution is 0.0952. The van der Waals surface area contributed by atoms with Crippen molar-refractivity contribution in [2.75, 3.05) is 27.2 Å². The number of carbonyl (C=O) groups is 1. The van der Waals surface area contributed by atoms with Crippen molar-refractivity contribution < 1.29 is 9.18 Å². The second-order valence-corrected chi connectivity index (χ2v) is 4.85. The van der Waals surface area contributed by atoms with E-state index >= 15 is 0 Å². The Morgan fingerprint density at radius 1 is 1.42 bits per heavy atom. The fraction of sp³-hybridized carbons (Fsp3) is 0.357. The Hall–Kier alpha value is -1.88. The quantitative estimate of drug-likeness (QED) is 0.885. The third kappa shape index (κ3) is 2.76. The predicted octanol–water partition coefficient (Wildman–Crippen LogP) is 1.91. The summed E-state index contributed by atoms with van der Waals surface area (Å²) in [5.41, 5.74) is 1.73. The lowest BCUT2D eigenvalue weighted by Gasteiger charge is -2.10. The first-order valence-electron chi connectivity index (χ1n) is 6.20. The number of aryl methyl sites for hydroxylation is 1. The molecular formula is C14H18FN3O. The van der Waals surface area contributed by atoms with Crippen LogP contribution in [0.25, 0.3) is 10.9 Å². The molecule has 0 saturated heterocycles. The average Bonchev–Trinajstić information content (AvgIpc) is 2.66. The number of benzene rings is 1. The molecule has 0 saturated carbocycles. The zero-order valence-corrected chi connectivity index (χ0v) is 11.4. The minimum atomic E-state index is -0.375. The second kappa shape index (κ2) is 5.40. The molecular weight excluding hydrogens is 245 g/mol. The number of aromatic amines is 1. The molecule has 0 spiro atoms. The van der Waals surface area contributed by atoms with Crippen LogP contribution < -0.4 is 5.32 Å². The highest BCUT2D eigenvalue weighted by molar-refractivity contribution is 6.08. The van der Waals surface area contributed by atoms with Gasteiger partial charge in [0.05, 0.1) is 5.56 Å². The summed E-state index contributed by atoms with van der Waals surface area (Å²) in [5.74, 6) is -0.615. The average molecular weight is 263 g/mol. The van der Waals surface area contributed by atoms with Crippen molar-refractivity contribution in [3.8, 4) is 0 Å². The van der Waals surface area contributed by atoms with Gasteiger partial charge in [-0.25, -0.2) is 4.39 Å². The van der Waals surface area contributed by atoms with Gasteiger partial charge in [-0.2, -0.15) is 0 Å². The molecule has 2 N–H and O–H groups in total. The molecule has 1 aromatic carbocycles. The van der Waals surface area contributed by atoms with E-state index in [2.05, 4.69) is 10.3 Å². The van der Waals surface area contributed by atoms with Crippen LogP contribution in [0.3, 0.4) is 0 Å². The number of rotatable bonds is 4. The number of fused-ring (bicyclic) bond motifs is 1. The number of likely N-dealkylation sites (N-methyl/N-ethyl adjacent to an activating group) is 1. The van der Waals surface area contributed by atoms with Crippen LogP contribution in [-0.2, 0) is 0 Å². The van der Waals surface area contributed by atoms with E-state index in [4.69, 9.17) is 0 Å². The highest BCUT2D eigenvalue weighted by atomic mass is 19.1. The number of hydrogen-bond acceptors (Lipinski definition) is 2. The minimum absolute atomic E-state index is 0.240. The van der Waals surface area contributed by atoms with Gasteiger partial charge >= 0.3 is 0 Å². The number of amides is 1. The first-order chi connectivity index (χ1) is 9.00. The highest BCUT2D eigenvalue weighted by Crippen LogP contribution is 2.24. The highest BCUT2D eigenvalue weighted by Gasteiger charge is 2.18. The summed E-state index contributed by atoms with van der Waals surface area (Å²) in [5, 5.41) is 3.17. The Labute approximate surface area is 111 Å². The molecule has 0 radical (unpaired) electrons. The van der Waals surface area contributed by atoms with E-state index in [1.54, 1.807) is 19.1 Å². The number of hydrogen-bond donors (Lipinski definition) is 2. The van der Waals surface area contributed by atoms with E-state index in [1.165, 1.54) is 6.07 Å². The largest absolute Gasteiger partial charge is 0.358 e. The fourth-order valence-corrected chi connectivity index (χ4v) is 2.10. The van der Waals surface area contributed by atoms with Gasteiger partial charge in [0.15, 0.2) is 0 Å². The summed E-state index contributed by atoms with van der Waals surface area (Å²) in [6, 6.07) is 4.76.